The number of benzene rings is 1. The number of carbonyl (C=O) groups excluding carboxylic acids is 1. The van der Waals surface area contributed by atoms with Gasteiger partial charge in [0.15, 0.2) is 6.29 Å². The molecule has 0 radical (unpaired) electrons. The quantitative estimate of drug-likeness (QED) is 0.767. The van der Waals surface area contributed by atoms with E-state index in [-0.39, 0.29) is 6.10 Å². The van der Waals surface area contributed by atoms with E-state index in [0.717, 1.165) is 23.2 Å². The molecule has 0 amide bonds. The predicted molar refractivity (Wildman–Crippen MR) is 85.7 cm³/mol. The van der Waals surface area contributed by atoms with Crippen molar-refractivity contribution in [3.05, 3.63) is 29.3 Å². The highest BCUT2D eigenvalue weighted by molar-refractivity contribution is 5.89. The van der Waals surface area contributed by atoms with Gasteiger partial charge in [0.25, 0.3) is 0 Å². The highest BCUT2D eigenvalue weighted by Crippen LogP contribution is 2.31. The normalized spacial score (nSPS) is 10.8. The molecule has 2 rings (SSSR count). The molecule has 0 saturated carbocycles. The number of ether oxygens (including phenoxy) is 2. The molecule has 22 heavy (non-hydrogen) atoms. The van der Waals surface area contributed by atoms with Crippen LogP contribution in [0, 0.1) is 6.92 Å². The summed E-state index contributed by atoms with van der Waals surface area (Å²) in [5, 5.41) is 4.42. The summed E-state index contributed by atoms with van der Waals surface area (Å²) in [6.45, 7) is 8.33. The van der Waals surface area contributed by atoms with Crippen molar-refractivity contribution in [1.29, 1.82) is 0 Å². The Morgan fingerprint density at radius 1 is 1.36 bits per heavy atom. The Morgan fingerprint density at radius 2 is 2.09 bits per heavy atom. The van der Waals surface area contributed by atoms with E-state index >= 15 is 0 Å². The summed E-state index contributed by atoms with van der Waals surface area (Å²) in [7, 11) is 1.77. The van der Waals surface area contributed by atoms with Gasteiger partial charge < -0.3 is 9.47 Å². The van der Waals surface area contributed by atoms with E-state index in [0.29, 0.717) is 23.7 Å². The molecule has 118 valence electrons. The van der Waals surface area contributed by atoms with Crippen molar-refractivity contribution >= 4 is 6.29 Å². The van der Waals surface area contributed by atoms with Gasteiger partial charge in [-0.25, -0.2) is 4.68 Å². The molecule has 1 aromatic carbocycles. The van der Waals surface area contributed by atoms with E-state index in [1.54, 1.807) is 11.7 Å². The molecular weight excluding hydrogens is 280 g/mol. The van der Waals surface area contributed by atoms with Gasteiger partial charge in [-0.3, -0.25) is 4.79 Å². The van der Waals surface area contributed by atoms with E-state index in [1.807, 2.05) is 45.9 Å². The van der Waals surface area contributed by atoms with Gasteiger partial charge in [0.05, 0.1) is 12.7 Å². The second kappa shape index (κ2) is 6.64. The van der Waals surface area contributed by atoms with Crippen molar-refractivity contribution < 1.29 is 14.3 Å². The Balaban J connectivity index is 2.46. The van der Waals surface area contributed by atoms with Crippen LogP contribution < -0.4 is 9.47 Å². The third-order valence-corrected chi connectivity index (χ3v) is 3.24. The molecule has 5 heteroatoms. The van der Waals surface area contributed by atoms with Gasteiger partial charge in [-0.05, 0) is 51.5 Å². The Labute approximate surface area is 130 Å². The molecule has 0 unspecified atom stereocenters. The fraction of sp³-hybridized carbons (Fsp3) is 0.412. The lowest BCUT2D eigenvalue weighted by Gasteiger charge is -2.13. The Kier molecular flexibility index (Phi) is 4.85. The van der Waals surface area contributed by atoms with Crippen LogP contribution in [-0.4, -0.2) is 28.8 Å². The lowest BCUT2D eigenvalue weighted by molar-refractivity contribution is 0.112. The Bertz CT molecular complexity index is 675. The van der Waals surface area contributed by atoms with E-state index in [9.17, 15) is 4.79 Å². The minimum Gasteiger partial charge on any atom is -0.491 e. The maximum atomic E-state index is 11.4. The van der Waals surface area contributed by atoms with Gasteiger partial charge in [-0.15, -0.1) is 0 Å². The van der Waals surface area contributed by atoms with Crippen molar-refractivity contribution in [3.63, 3.8) is 0 Å². The Morgan fingerprint density at radius 3 is 2.64 bits per heavy atom. The van der Waals surface area contributed by atoms with Crippen LogP contribution in [0.5, 0.6) is 11.6 Å². The molecule has 5 nitrogen and oxygen atoms in total. The largest absolute Gasteiger partial charge is 0.491 e. The molecule has 1 heterocycles. The van der Waals surface area contributed by atoms with Crippen LogP contribution in [0.25, 0.3) is 11.3 Å². The summed E-state index contributed by atoms with van der Waals surface area (Å²) < 4.78 is 12.8. The van der Waals surface area contributed by atoms with Gasteiger partial charge in [0, 0.05) is 12.6 Å². The first-order valence-electron chi connectivity index (χ1n) is 7.40. The molecule has 0 saturated heterocycles. The topological polar surface area (TPSA) is 53.4 Å². The molecule has 0 aliphatic heterocycles. The van der Waals surface area contributed by atoms with Gasteiger partial charge >= 0.3 is 0 Å². The van der Waals surface area contributed by atoms with Crippen LogP contribution in [0.4, 0.5) is 0 Å². The summed E-state index contributed by atoms with van der Waals surface area (Å²) >= 11 is 0. The zero-order valence-corrected chi connectivity index (χ0v) is 13.7. The number of aldehydes is 1. The molecule has 1 aromatic heterocycles. The second-order valence-corrected chi connectivity index (χ2v) is 5.39. The molecule has 2 aromatic rings. The summed E-state index contributed by atoms with van der Waals surface area (Å²) in [5.41, 5.74) is 2.98. The first-order valence-corrected chi connectivity index (χ1v) is 7.40. The van der Waals surface area contributed by atoms with Crippen molar-refractivity contribution in [2.75, 3.05) is 6.61 Å². The van der Waals surface area contributed by atoms with E-state index in [1.165, 1.54) is 0 Å². The minimum atomic E-state index is 0.120. The van der Waals surface area contributed by atoms with Crippen LogP contribution in [-0.2, 0) is 7.05 Å². The number of aryl methyl sites for hydroxylation is 2. The predicted octanol–water partition coefficient (Wildman–Crippen LogP) is 3.39. The number of hydrogen-bond donors (Lipinski definition) is 0. The zero-order valence-electron chi connectivity index (χ0n) is 13.7. The molecule has 0 atom stereocenters. The summed E-state index contributed by atoms with van der Waals surface area (Å²) in [4.78, 5) is 11.4. The molecule has 0 spiro atoms. The summed E-state index contributed by atoms with van der Waals surface area (Å²) in [6, 6.07) is 5.80. The maximum absolute atomic E-state index is 11.4. The first kappa shape index (κ1) is 16.1. The van der Waals surface area contributed by atoms with Gasteiger partial charge in [0.1, 0.15) is 17.0 Å². The van der Waals surface area contributed by atoms with Gasteiger partial charge in [-0.2, -0.15) is 5.10 Å². The molecule has 0 aliphatic rings. The van der Waals surface area contributed by atoms with Crippen LogP contribution in [0.3, 0.4) is 0 Å². The van der Waals surface area contributed by atoms with Crippen molar-refractivity contribution in [3.8, 4) is 22.9 Å². The van der Waals surface area contributed by atoms with Crippen molar-refractivity contribution in [2.24, 2.45) is 7.05 Å². The monoisotopic (exact) mass is 302 g/mol. The molecular formula is C17H22N2O3. The smallest absolute Gasteiger partial charge is 0.223 e. The van der Waals surface area contributed by atoms with E-state index in [4.69, 9.17) is 9.47 Å². The molecule has 0 fully saturated rings. The van der Waals surface area contributed by atoms with Crippen LogP contribution in [0.15, 0.2) is 18.2 Å². The fourth-order valence-electron chi connectivity index (χ4n) is 2.34. The maximum Gasteiger partial charge on any atom is 0.223 e. The van der Waals surface area contributed by atoms with Gasteiger partial charge in [-0.1, -0.05) is 0 Å². The number of hydrogen-bond acceptors (Lipinski definition) is 4. The number of rotatable bonds is 6. The minimum absolute atomic E-state index is 0.120. The first-order chi connectivity index (χ1) is 10.5. The third kappa shape index (κ3) is 3.13. The van der Waals surface area contributed by atoms with E-state index < -0.39 is 0 Å². The average molecular weight is 302 g/mol. The SMILES string of the molecule is CCOc1c(C=O)c(-c2ccc(OC(C)C)c(C)c2)nn1C. The van der Waals surface area contributed by atoms with Crippen molar-refractivity contribution in [1.82, 2.24) is 9.78 Å². The third-order valence-electron chi connectivity index (χ3n) is 3.24. The zero-order chi connectivity index (χ0) is 16.3. The Hall–Kier alpha value is -2.30. The summed E-state index contributed by atoms with van der Waals surface area (Å²) in [6.07, 6.45) is 0.913. The standard InChI is InChI=1S/C17H22N2O3/c1-6-21-17-14(10-20)16(18-19(17)5)13-7-8-15(12(4)9-13)22-11(2)3/h7-11H,6H2,1-5H3. The number of nitrogens with zero attached hydrogens (tertiary/aromatic N) is 2. The van der Waals surface area contributed by atoms with Crippen LogP contribution in [0.1, 0.15) is 36.7 Å². The fourth-order valence-corrected chi connectivity index (χ4v) is 2.34. The number of carbonyl (C=O) groups is 1. The lowest BCUT2D eigenvalue weighted by Crippen LogP contribution is -2.06. The molecule has 0 aliphatic carbocycles. The van der Waals surface area contributed by atoms with Gasteiger partial charge in [0.2, 0.25) is 5.88 Å². The number of aromatic nitrogens is 2. The highest BCUT2D eigenvalue weighted by atomic mass is 16.5. The van der Waals surface area contributed by atoms with Crippen molar-refractivity contribution in [2.45, 2.75) is 33.8 Å². The van der Waals surface area contributed by atoms with E-state index in [2.05, 4.69) is 5.10 Å². The van der Waals surface area contributed by atoms with Crippen LogP contribution in [0.2, 0.25) is 0 Å². The average Bonchev–Trinajstić information content (AvgIpc) is 2.78. The second-order valence-electron chi connectivity index (χ2n) is 5.39. The lowest BCUT2D eigenvalue weighted by atomic mass is 10.1. The van der Waals surface area contributed by atoms with Crippen LogP contribution >= 0.6 is 0 Å². The molecule has 0 N–H and O–H groups in total. The summed E-state index contributed by atoms with van der Waals surface area (Å²) in [5.74, 6) is 1.33. The molecule has 0 bridgehead atoms. The highest BCUT2D eigenvalue weighted by Gasteiger charge is 2.19.